The molecule has 0 spiro atoms. The number of amides is 1. The molecule has 24 heavy (non-hydrogen) atoms. The number of nitrogens with zero attached hydrogens (tertiary/aromatic N) is 2. The Morgan fingerprint density at radius 1 is 1.08 bits per heavy atom. The van der Waals surface area contributed by atoms with Crippen LogP contribution >= 0.6 is 0 Å². The van der Waals surface area contributed by atoms with Crippen molar-refractivity contribution in [3.05, 3.63) is 29.3 Å². The topological polar surface area (TPSA) is 32.8 Å². The van der Waals surface area contributed by atoms with Gasteiger partial charge in [0.25, 0.3) is 0 Å². The summed E-state index contributed by atoms with van der Waals surface area (Å²) < 4.78 is 6.01. The maximum Gasteiger partial charge on any atom is 0.225 e. The molecule has 2 saturated heterocycles. The van der Waals surface area contributed by atoms with Crippen LogP contribution in [-0.4, -0.2) is 55.0 Å². The van der Waals surface area contributed by atoms with Crippen LogP contribution in [0.4, 0.5) is 0 Å². The molecule has 0 unspecified atom stereocenters. The molecule has 2 aliphatic rings. The zero-order valence-corrected chi connectivity index (χ0v) is 15.1. The average Bonchev–Trinajstić information content (AvgIpc) is 3.12. The van der Waals surface area contributed by atoms with Gasteiger partial charge < -0.3 is 9.64 Å². The molecule has 132 valence electrons. The van der Waals surface area contributed by atoms with Gasteiger partial charge in [-0.2, -0.15) is 0 Å². The lowest BCUT2D eigenvalue weighted by Gasteiger charge is -2.33. The lowest BCUT2D eigenvalue weighted by molar-refractivity contribution is -0.136. The Bertz CT molecular complexity index is 539. The van der Waals surface area contributed by atoms with Crippen LogP contribution in [0.15, 0.2) is 18.2 Å². The molecule has 3 rings (SSSR count). The van der Waals surface area contributed by atoms with E-state index in [0.29, 0.717) is 5.91 Å². The summed E-state index contributed by atoms with van der Waals surface area (Å²) in [7, 11) is 0. The molecule has 0 aliphatic carbocycles. The van der Waals surface area contributed by atoms with Gasteiger partial charge in [-0.25, -0.2) is 0 Å². The second kappa shape index (κ2) is 8.02. The lowest BCUT2D eigenvalue weighted by atomic mass is 9.95. The molecule has 2 aliphatic heterocycles. The summed E-state index contributed by atoms with van der Waals surface area (Å²) in [5, 5.41) is 0. The lowest BCUT2D eigenvalue weighted by Crippen LogP contribution is -2.42. The molecular formula is C20H30N2O2. The number of carbonyl (C=O) groups excluding carboxylic acids is 1. The summed E-state index contributed by atoms with van der Waals surface area (Å²) in [5.74, 6) is 1.68. The van der Waals surface area contributed by atoms with Crippen LogP contribution in [0, 0.1) is 19.8 Å². The van der Waals surface area contributed by atoms with Gasteiger partial charge in [-0.05, 0) is 63.7 Å². The maximum absolute atomic E-state index is 12.5. The first-order valence-electron chi connectivity index (χ1n) is 9.35. The van der Waals surface area contributed by atoms with Crippen LogP contribution in [-0.2, 0) is 4.79 Å². The molecule has 4 nitrogen and oxygen atoms in total. The Kier molecular flexibility index (Phi) is 5.77. The van der Waals surface area contributed by atoms with E-state index in [9.17, 15) is 4.79 Å². The van der Waals surface area contributed by atoms with E-state index in [-0.39, 0.29) is 5.92 Å². The summed E-state index contributed by atoms with van der Waals surface area (Å²) in [4.78, 5) is 17.0. The summed E-state index contributed by atoms with van der Waals surface area (Å²) in [5.41, 5.74) is 2.40. The van der Waals surface area contributed by atoms with Gasteiger partial charge in [0, 0.05) is 25.6 Å². The monoisotopic (exact) mass is 330 g/mol. The standard InChI is InChI=1S/C20H30N2O2/c1-16-6-5-7-17(2)19(16)24-15-14-21-12-8-18(9-13-21)20(23)22-10-3-4-11-22/h5-7,18H,3-4,8-15H2,1-2H3. The minimum atomic E-state index is 0.249. The van der Waals surface area contributed by atoms with Crippen molar-refractivity contribution in [3.63, 3.8) is 0 Å². The fraction of sp³-hybridized carbons (Fsp3) is 0.650. The third-order valence-electron chi connectivity index (χ3n) is 5.42. The molecule has 1 aromatic carbocycles. The van der Waals surface area contributed by atoms with E-state index in [0.717, 1.165) is 57.9 Å². The van der Waals surface area contributed by atoms with Gasteiger partial charge in [0.2, 0.25) is 5.91 Å². The molecule has 2 fully saturated rings. The van der Waals surface area contributed by atoms with E-state index in [1.54, 1.807) is 0 Å². The van der Waals surface area contributed by atoms with E-state index in [4.69, 9.17) is 4.74 Å². The molecule has 0 bridgehead atoms. The maximum atomic E-state index is 12.5. The minimum absolute atomic E-state index is 0.249. The van der Waals surface area contributed by atoms with Crippen molar-refractivity contribution >= 4 is 5.91 Å². The second-order valence-electron chi connectivity index (χ2n) is 7.22. The Morgan fingerprint density at radius 2 is 1.71 bits per heavy atom. The molecule has 0 aromatic heterocycles. The van der Waals surface area contributed by atoms with Crippen molar-refractivity contribution in [1.82, 2.24) is 9.80 Å². The van der Waals surface area contributed by atoms with Crippen LogP contribution in [0.25, 0.3) is 0 Å². The van der Waals surface area contributed by atoms with Gasteiger partial charge in [0.1, 0.15) is 12.4 Å². The van der Waals surface area contributed by atoms with Gasteiger partial charge in [0.15, 0.2) is 0 Å². The highest BCUT2D eigenvalue weighted by Crippen LogP contribution is 2.24. The molecule has 0 saturated carbocycles. The van der Waals surface area contributed by atoms with Crippen LogP contribution in [0.1, 0.15) is 36.8 Å². The van der Waals surface area contributed by atoms with E-state index in [1.807, 2.05) is 0 Å². The van der Waals surface area contributed by atoms with Crippen LogP contribution in [0.5, 0.6) is 5.75 Å². The summed E-state index contributed by atoms with van der Waals surface area (Å²) in [6.45, 7) is 9.83. The number of carbonyl (C=O) groups is 1. The molecular weight excluding hydrogens is 300 g/mol. The largest absolute Gasteiger partial charge is 0.492 e. The van der Waals surface area contributed by atoms with Crippen LogP contribution < -0.4 is 4.74 Å². The van der Waals surface area contributed by atoms with Crippen molar-refractivity contribution in [2.75, 3.05) is 39.3 Å². The van der Waals surface area contributed by atoms with E-state index in [2.05, 4.69) is 41.8 Å². The number of aryl methyl sites for hydroxylation is 2. The first kappa shape index (κ1) is 17.3. The Balaban J connectivity index is 1.40. The predicted octanol–water partition coefficient (Wildman–Crippen LogP) is 3.02. The number of para-hydroxylation sites is 1. The van der Waals surface area contributed by atoms with Crippen molar-refractivity contribution in [3.8, 4) is 5.75 Å². The van der Waals surface area contributed by atoms with Crippen molar-refractivity contribution in [2.24, 2.45) is 5.92 Å². The van der Waals surface area contributed by atoms with Crippen LogP contribution in [0.3, 0.4) is 0 Å². The average molecular weight is 330 g/mol. The summed E-state index contributed by atoms with van der Waals surface area (Å²) in [6, 6.07) is 6.26. The highest BCUT2D eigenvalue weighted by atomic mass is 16.5. The number of hydrogen-bond acceptors (Lipinski definition) is 3. The quantitative estimate of drug-likeness (QED) is 0.832. The Labute approximate surface area is 145 Å². The third kappa shape index (κ3) is 4.10. The van der Waals surface area contributed by atoms with E-state index < -0.39 is 0 Å². The fourth-order valence-electron chi connectivity index (χ4n) is 3.90. The number of piperidine rings is 1. The van der Waals surface area contributed by atoms with Gasteiger partial charge >= 0.3 is 0 Å². The zero-order valence-electron chi connectivity index (χ0n) is 15.1. The predicted molar refractivity (Wildman–Crippen MR) is 96.4 cm³/mol. The molecule has 2 heterocycles. The van der Waals surface area contributed by atoms with Gasteiger partial charge in [-0.15, -0.1) is 0 Å². The van der Waals surface area contributed by atoms with Gasteiger partial charge in [-0.1, -0.05) is 18.2 Å². The number of hydrogen-bond donors (Lipinski definition) is 0. The molecule has 1 amide bonds. The summed E-state index contributed by atoms with van der Waals surface area (Å²) >= 11 is 0. The number of ether oxygens (including phenoxy) is 1. The zero-order chi connectivity index (χ0) is 16.9. The Hall–Kier alpha value is -1.55. The van der Waals surface area contributed by atoms with Crippen molar-refractivity contribution < 1.29 is 9.53 Å². The molecule has 0 radical (unpaired) electrons. The number of benzene rings is 1. The normalized spacial score (nSPS) is 19.7. The third-order valence-corrected chi connectivity index (χ3v) is 5.42. The molecule has 1 aromatic rings. The summed E-state index contributed by atoms with van der Waals surface area (Å²) in [6.07, 6.45) is 4.36. The van der Waals surface area contributed by atoms with Crippen molar-refractivity contribution in [2.45, 2.75) is 39.5 Å². The minimum Gasteiger partial charge on any atom is -0.492 e. The van der Waals surface area contributed by atoms with Crippen LogP contribution in [0.2, 0.25) is 0 Å². The molecule has 4 heteroatoms. The fourth-order valence-corrected chi connectivity index (χ4v) is 3.90. The van der Waals surface area contributed by atoms with Gasteiger partial charge in [0.05, 0.1) is 0 Å². The van der Waals surface area contributed by atoms with Crippen molar-refractivity contribution in [1.29, 1.82) is 0 Å². The SMILES string of the molecule is Cc1cccc(C)c1OCCN1CCC(C(=O)N2CCCC2)CC1. The highest BCUT2D eigenvalue weighted by Gasteiger charge is 2.29. The highest BCUT2D eigenvalue weighted by molar-refractivity contribution is 5.79. The molecule has 0 N–H and O–H groups in total. The van der Waals surface area contributed by atoms with E-state index in [1.165, 1.54) is 24.0 Å². The second-order valence-corrected chi connectivity index (χ2v) is 7.22. The first-order chi connectivity index (χ1) is 11.6. The van der Waals surface area contributed by atoms with E-state index >= 15 is 0 Å². The molecule has 0 atom stereocenters. The number of rotatable bonds is 5. The smallest absolute Gasteiger partial charge is 0.225 e. The van der Waals surface area contributed by atoms with Gasteiger partial charge in [-0.3, -0.25) is 9.69 Å². The Morgan fingerprint density at radius 3 is 2.33 bits per heavy atom. The number of likely N-dealkylation sites (tertiary alicyclic amines) is 2. The first-order valence-corrected chi connectivity index (χ1v) is 9.35.